The summed E-state index contributed by atoms with van der Waals surface area (Å²) in [6, 6.07) is 16.2. The molecule has 0 spiro atoms. The average Bonchev–Trinajstić information content (AvgIpc) is 2.84. The van der Waals surface area contributed by atoms with Gasteiger partial charge in [0.1, 0.15) is 0 Å². The van der Waals surface area contributed by atoms with E-state index in [1.165, 1.54) is 22.9 Å². The van der Waals surface area contributed by atoms with Gasteiger partial charge in [0, 0.05) is 0 Å². The number of hydrogen-bond donors (Lipinski definition) is 1. The first-order valence-electron chi connectivity index (χ1n) is 11.8. The molecule has 2 aromatic carbocycles. The second-order valence-electron chi connectivity index (χ2n) is 8.14. The van der Waals surface area contributed by atoms with Crippen molar-refractivity contribution in [1.29, 1.82) is 0 Å². The fraction of sp³-hybridized carbons (Fsp3) is 0.519. The summed E-state index contributed by atoms with van der Waals surface area (Å²) >= 11 is 2.07. The van der Waals surface area contributed by atoms with E-state index in [9.17, 15) is 4.79 Å². The van der Waals surface area contributed by atoms with E-state index >= 15 is 0 Å². The number of methoxy groups -OCH3 is 1. The normalized spacial score (nSPS) is 13.9. The number of carbonyl (C=O) groups excluding carboxylic acids is 1. The zero-order valence-electron chi connectivity index (χ0n) is 20.2. The topological polar surface area (TPSA) is 38.3 Å². The molecule has 0 heterocycles. The van der Waals surface area contributed by atoms with Crippen LogP contribution in [0.4, 0.5) is 0 Å². The standard InChI is InChI=1S/C27H39NO2SSe/c1-6-8-17-23(28-27(29)21-14-11-10-12-15-21)25(19-9-7-2)32-26-22(20(3)31-5)16-13-18-24(26)30-4/h10-16,18,20,23,25H,6-9,17,19H2,1-5H3,(H,28,29)/t20-,23+,25-/m0/s1. The molecule has 0 unspecified atom stereocenters. The van der Waals surface area contributed by atoms with E-state index in [2.05, 4.69) is 50.5 Å². The number of unbranched alkanes of at least 4 members (excludes halogenated alkanes) is 2. The molecular weight excluding hydrogens is 481 g/mol. The Hall–Kier alpha value is -1.42. The number of thioether (sulfide) groups is 1. The van der Waals surface area contributed by atoms with Crippen LogP contribution in [0.1, 0.15) is 80.5 Å². The molecule has 0 fully saturated rings. The van der Waals surface area contributed by atoms with E-state index in [0.29, 0.717) is 10.1 Å². The number of rotatable bonds is 14. The van der Waals surface area contributed by atoms with E-state index in [1.54, 1.807) is 7.11 Å². The number of carbonyl (C=O) groups is 1. The van der Waals surface area contributed by atoms with E-state index in [1.807, 2.05) is 42.1 Å². The van der Waals surface area contributed by atoms with Crippen molar-refractivity contribution in [3.8, 4) is 5.75 Å². The molecule has 0 aromatic heterocycles. The summed E-state index contributed by atoms with van der Waals surface area (Å²) in [5, 5.41) is 3.85. The molecule has 32 heavy (non-hydrogen) atoms. The van der Waals surface area contributed by atoms with Crippen LogP contribution in [0.25, 0.3) is 0 Å². The summed E-state index contributed by atoms with van der Waals surface area (Å²) < 4.78 is 7.18. The molecule has 0 aliphatic carbocycles. The van der Waals surface area contributed by atoms with Crippen LogP contribution in [0.3, 0.4) is 0 Å². The fourth-order valence-corrected chi connectivity index (χ4v) is 7.77. The monoisotopic (exact) mass is 521 g/mol. The van der Waals surface area contributed by atoms with Crippen LogP contribution in [0.15, 0.2) is 48.5 Å². The molecular formula is C27H39NO2SSe. The van der Waals surface area contributed by atoms with Crippen LogP contribution in [0, 0.1) is 0 Å². The Labute approximate surface area is 205 Å². The summed E-state index contributed by atoms with van der Waals surface area (Å²) in [5.41, 5.74) is 2.12. The van der Waals surface area contributed by atoms with Gasteiger partial charge in [0.15, 0.2) is 0 Å². The van der Waals surface area contributed by atoms with Gasteiger partial charge in [0.2, 0.25) is 0 Å². The van der Waals surface area contributed by atoms with Gasteiger partial charge >= 0.3 is 206 Å². The Morgan fingerprint density at radius 3 is 2.34 bits per heavy atom. The van der Waals surface area contributed by atoms with Crippen molar-refractivity contribution in [2.75, 3.05) is 13.4 Å². The second-order valence-corrected chi connectivity index (χ2v) is 11.9. The third-order valence-electron chi connectivity index (χ3n) is 5.80. The van der Waals surface area contributed by atoms with E-state index in [4.69, 9.17) is 4.74 Å². The molecule has 2 aromatic rings. The minimum absolute atomic E-state index is 0.0433. The van der Waals surface area contributed by atoms with Crippen molar-refractivity contribution < 1.29 is 9.53 Å². The predicted octanol–water partition coefficient (Wildman–Crippen LogP) is 6.42. The van der Waals surface area contributed by atoms with Gasteiger partial charge in [-0.3, -0.25) is 0 Å². The van der Waals surface area contributed by atoms with Gasteiger partial charge in [-0.25, -0.2) is 0 Å². The van der Waals surface area contributed by atoms with Crippen molar-refractivity contribution in [2.24, 2.45) is 0 Å². The molecule has 3 atom stereocenters. The Bertz CT molecular complexity index is 815. The van der Waals surface area contributed by atoms with Gasteiger partial charge in [-0.2, -0.15) is 0 Å². The molecule has 0 aliphatic rings. The van der Waals surface area contributed by atoms with Crippen LogP contribution < -0.4 is 14.5 Å². The molecule has 0 saturated carbocycles. The summed E-state index contributed by atoms with van der Waals surface area (Å²) in [4.78, 5) is 13.5. The SMILES string of the molecule is CCCC[C@H]([Se]c1c(OC)cccc1[C@H](C)SC)[C@@H](CCCC)NC(=O)c1ccccc1. The number of hydrogen-bond acceptors (Lipinski definition) is 3. The number of benzene rings is 2. The summed E-state index contributed by atoms with van der Waals surface area (Å²) in [7, 11) is 1.77. The van der Waals surface area contributed by atoms with Gasteiger partial charge in [0.05, 0.1) is 0 Å². The van der Waals surface area contributed by atoms with Gasteiger partial charge < -0.3 is 0 Å². The third kappa shape index (κ3) is 7.86. The Balaban J connectivity index is 2.37. The zero-order valence-corrected chi connectivity index (χ0v) is 22.8. The molecule has 5 heteroatoms. The van der Waals surface area contributed by atoms with Crippen LogP contribution in [0.5, 0.6) is 5.75 Å². The summed E-state index contributed by atoms with van der Waals surface area (Å²) in [6.07, 6.45) is 8.92. The van der Waals surface area contributed by atoms with E-state index in [-0.39, 0.29) is 26.9 Å². The van der Waals surface area contributed by atoms with Gasteiger partial charge in [-0.15, -0.1) is 0 Å². The van der Waals surface area contributed by atoms with Crippen LogP contribution >= 0.6 is 11.8 Å². The number of nitrogens with one attached hydrogen (secondary N) is 1. The van der Waals surface area contributed by atoms with Crippen LogP contribution in [0.2, 0.25) is 4.82 Å². The first-order chi connectivity index (χ1) is 15.5. The maximum atomic E-state index is 13.1. The number of ether oxygens (including phenoxy) is 1. The van der Waals surface area contributed by atoms with Crippen molar-refractivity contribution in [2.45, 2.75) is 75.4 Å². The second kappa shape index (κ2) is 14.7. The Morgan fingerprint density at radius 2 is 1.72 bits per heavy atom. The van der Waals surface area contributed by atoms with Gasteiger partial charge in [-0.1, -0.05) is 0 Å². The molecule has 0 aliphatic heterocycles. The van der Waals surface area contributed by atoms with Crippen molar-refractivity contribution >= 4 is 37.1 Å². The molecule has 1 amide bonds. The Kier molecular flexibility index (Phi) is 12.3. The molecule has 1 N–H and O–H groups in total. The minimum atomic E-state index is 0.0433. The first-order valence-corrected chi connectivity index (χ1v) is 14.9. The van der Waals surface area contributed by atoms with Gasteiger partial charge in [0.25, 0.3) is 0 Å². The zero-order chi connectivity index (χ0) is 23.3. The van der Waals surface area contributed by atoms with Crippen LogP contribution in [-0.4, -0.2) is 40.3 Å². The van der Waals surface area contributed by atoms with Crippen LogP contribution in [-0.2, 0) is 0 Å². The third-order valence-corrected chi connectivity index (χ3v) is 9.99. The van der Waals surface area contributed by atoms with E-state index < -0.39 is 0 Å². The van der Waals surface area contributed by atoms with Crippen molar-refractivity contribution in [1.82, 2.24) is 5.32 Å². The molecule has 3 nitrogen and oxygen atoms in total. The molecule has 0 saturated heterocycles. The van der Waals surface area contributed by atoms with E-state index in [0.717, 1.165) is 37.0 Å². The summed E-state index contributed by atoms with van der Waals surface area (Å²) in [5.74, 6) is 1.04. The quantitative estimate of drug-likeness (QED) is 0.292. The average molecular weight is 521 g/mol. The summed E-state index contributed by atoms with van der Waals surface area (Å²) in [6.45, 7) is 6.74. The maximum absolute atomic E-state index is 13.1. The predicted molar refractivity (Wildman–Crippen MR) is 141 cm³/mol. The molecule has 2 rings (SSSR count). The Morgan fingerprint density at radius 1 is 1.03 bits per heavy atom. The van der Waals surface area contributed by atoms with Gasteiger partial charge in [-0.05, 0) is 0 Å². The molecule has 176 valence electrons. The molecule has 0 bridgehead atoms. The number of amides is 1. The van der Waals surface area contributed by atoms with Crippen molar-refractivity contribution in [3.05, 3.63) is 59.7 Å². The first kappa shape index (κ1) is 26.8. The molecule has 0 radical (unpaired) electrons. The fourth-order valence-electron chi connectivity index (χ4n) is 3.78. The van der Waals surface area contributed by atoms with Crippen molar-refractivity contribution in [3.63, 3.8) is 0 Å².